The predicted octanol–water partition coefficient (Wildman–Crippen LogP) is 4.18. The molecule has 2 fully saturated rings. The minimum Gasteiger partial charge on any atom is -0.481 e. The van der Waals surface area contributed by atoms with Crippen molar-refractivity contribution in [1.29, 1.82) is 0 Å². The van der Waals surface area contributed by atoms with Crippen LogP contribution in [0.3, 0.4) is 0 Å². The summed E-state index contributed by atoms with van der Waals surface area (Å²) >= 11 is 0. The summed E-state index contributed by atoms with van der Waals surface area (Å²) in [6.07, 6.45) is 9.15. The molecule has 4 rings (SSSR count). The summed E-state index contributed by atoms with van der Waals surface area (Å²) < 4.78 is 0. The first-order valence-corrected chi connectivity index (χ1v) is 9.02. The van der Waals surface area contributed by atoms with Gasteiger partial charge >= 0.3 is 5.97 Å². The summed E-state index contributed by atoms with van der Waals surface area (Å²) in [5, 5.41) is 18.9. The number of carbonyl (C=O) groups is 1. The Labute approximate surface area is 139 Å². The number of fused-ring (bicyclic) bond motifs is 1. The van der Waals surface area contributed by atoms with E-state index < -0.39 is 5.97 Å². The fourth-order valence-corrected chi connectivity index (χ4v) is 6.24. The molecule has 0 amide bonds. The highest BCUT2D eigenvalue weighted by atomic mass is 16.4. The number of allylic oxidation sites excluding steroid dienone is 2. The monoisotopic (exact) mass is 318 g/mol. The lowest BCUT2D eigenvalue weighted by Gasteiger charge is -2.63. The van der Waals surface area contributed by atoms with Crippen LogP contribution in [0.4, 0.5) is 0 Å². The first-order valence-electron chi connectivity index (χ1n) is 9.02. The molecule has 0 aromatic heterocycles. The molecule has 0 aliphatic heterocycles. The van der Waals surface area contributed by atoms with Crippen molar-refractivity contribution in [2.45, 2.75) is 58.8 Å². The van der Waals surface area contributed by atoms with E-state index in [-0.39, 0.29) is 23.9 Å². The molecule has 4 aliphatic rings. The van der Waals surface area contributed by atoms with Crippen molar-refractivity contribution in [2.75, 3.05) is 6.61 Å². The van der Waals surface area contributed by atoms with Gasteiger partial charge in [-0.15, -0.1) is 0 Å². The number of carboxylic acid groups (broad SMARTS) is 1. The molecule has 5 unspecified atom stereocenters. The maximum atomic E-state index is 11.2. The number of rotatable bonds is 5. The largest absolute Gasteiger partial charge is 0.481 e. The Morgan fingerprint density at radius 1 is 1.39 bits per heavy atom. The zero-order chi connectivity index (χ0) is 16.8. The first-order chi connectivity index (χ1) is 10.8. The van der Waals surface area contributed by atoms with Gasteiger partial charge in [0.25, 0.3) is 0 Å². The lowest BCUT2D eigenvalue weighted by atomic mass is 9.42. The van der Waals surface area contributed by atoms with Crippen LogP contribution in [-0.4, -0.2) is 22.8 Å². The molecule has 3 nitrogen and oxygen atoms in total. The van der Waals surface area contributed by atoms with E-state index in [2.05, 4.69) is 26.5 Å². The third kappa shape index (κ3) is 2.57. The van der Waals surface area contributed by atoms with E-state index in [1.54, 1.807) is 0 Å². The molecule has 23 heavy (non-hydrogen) atoms. The van der Waals surface area contributed by atoms with Gasteiger partial charge in [-0.1, -0.05) is 25.2 Å². The second-order valence-corrected chi connectivity index (χ2v) is 8.47. The average Bonchev–Trinajstić information content (AvgIpc) is 2.52. The Morgan fingerprint density at radius 2 is 2.09 bits per heavy atom. The highest BCUT2D eigenvalue weighted by molar-refractivity contribution is 5.66. The lowest BCUT2D eigenvalue weighted by Crippen LogP contribution is -2.54. The molecule has 2 N–H and O–H groups in total. The van der Waals surface area contributed by atoms with Crippen molar-refractivity contribution in [1.82, 2.24) is 0 Å². The molecule has 0 aromatic carbocycles. The average molecular weight is 318 g/mol. The molecular formula is C20H30O3. The molecule has 128 valence electrons. The third-order valence-corrected chi connectivity index (χ3v) is 7.32. The van der Waals surface area contributed by atoms with Crippen LogP contribution >= 0.6 is 0 Å². The van der Waals surface area contributed by atoms with Crippen molar-refractivity contribution >= 4 is 5.97 Å². The first kappa shape index (κ1) is 16.8. The minimum atomic E-state index is -0.695. The summed E-state index contributed by atoms with van der Waals surface area (Å²) in [4.78, 5) is 11.2. The smallest absolute Gasteiger partial charge is 0.303 e. The quantitative estimate of drug-likeness (QED) is 0.748. The van der Waals surface area contributed by atoms with Crippen LogP contribution in [0.25, 0.3) is 0 Å². The summed E-state index contributed by atoms with van der Waals surface area (Å²) in [7, 11) is 0. The lowest BCUT2D eigenvalue weighted by molar-refractivity contribution is -0.140. The topological polar surface area (TPSA) is 57.5 Å². The van der Waals surface area contributed by atoms with Gasteiger partial charge in [-0.2, -0.15) is 0 Å². The van der Waals surface area contributed by atoms with Crippen molar-refractivity contribution in [2.24, 2.45) is 28.6 Å². The van der Waals surface area contributed by atoms with Crippen molar-refractivity contribution < 1.29 is 15.0 Å². The fraction of sp³-hybridized carbons (Fsp3) is 0.750. The van der Waals surface area contributed by atoms with Gasteiger partial charge in [-0.3, -0.25) is 4.79 Å². The minimum absolute atomic E-state index is 0.0125. The standard InChI is InChI=1S/C20H30O3/c1-13(2)16-5-9-20-8-4-14(15(11-20)12-21)10-17(20)19(16,3)7-6-18(22)23/h11,14,16-17,21H,1,4-10,12H2,2-3H3,(H,22,23). The second kappa shape index (κ2) is 5.77. The van der Waals surface area contributed by atoms with Crippen molar-refractivity contribution in [3.63, 3.8) is 0 Å². The molecule has 0 radical (unpaired) electrons. The number of aliphatic hydroxyl groups is 1. The van der Waals surface area contributed by atoms with Crippen LogP contribution in [0, 0.1) is 28.6 Å². The Balaban J connectivity index is 1.98. The van der Waals surface area contributed by atoms with Gasteiger partial charge in [0.05, 0.1) is 6.61 Å². The predicted molar refractivity (Wildman–Crippen MR) is 90.9 cm³/mol. The zero-order valence-corrected chi connectivity index (χ0v) is 14.5. The van der Waals surface area contributed by atoms with Gasteiger partial charge in [0.1, 0.15) is 0 Å². The molecule has 0 heterocycles. The van der Waals surface area contributed by atoms with E-state index in [1.807, 2.05) is 0 Å². The third-order valence-electron chi connectivity index (χ3n) is 7.32. The van der Waals surface area contributed by atoms with Gasteiger partial charge < -0.3 is 10.2 Å². The number of hydrogen-bond donors (Lipinski definition) is 2. The van der Waals surface area contributed by atoms with E-state index >= 15 is 0 Å². The summed E-state index contributed by atoms with van der Waals surface area (Å²) in [6, 6.07) is 0. The molecule has 2 bridgehead atoms. The number of aliphatic hydroxyl groups excluding tert-OH is 1. The molecule has 0 saturated heterocycles. The summed E-state index contributed by atoms with van der Waals surface area (Å²) in [5.41, 5.74) is 2.65. The highest BCUT2D eigenvalue weighted by Crippen LogP contribution is 2.67. The molecule has 2 saturated carbocycles. The van der Waals surface area contributed by atoms with Gasteiger partial charge in [0.2, 0.25) is 0 Å². The van der Waals surface area contributed by atoms with Crippen LogP contribution in [0.2, 0.25) is 0 Å². The molecule has 0 aromatic rings. The van der Waals surface area contributed by atoms with E-state index in [0.29, 0.717) is 17.8 Å². The van der Waals surface area contributed by atoms with Crippen molar-refractivity contribution in [3.8, 4) is 0 Å². The Bertz CT molecular complexity index is 549. The van der Waals surface area contributed by atoms with Crippen LogP contribution in [-0.2, 0) is 4.79 Å². The van der Waals surface area contributed by atoms with E-state index in [0.717, 1.165) is 25.7 Å². The number of carboxylic acids is 1. The summed E-state index contributed by atoms with van der Waals surface area (Å²) in [6.45, 7) is 8.84. The van der Waals surface area contributed by atoms with Gasteiger partial charge in [-0.05, 0) is 79.6 Å². The molecule has 4 aliphatic carbocycles. The Hall–Kier alpha value is -1.09. The maximum absolute atomic E-state index is 11.2. The van der Waals surface area contributed by atoms with Gasteiger partial charge in [0, 0.05) is 6.42 Å². The Morgan fingerprint density at radius 3 is 2.70 bits per heavy atom. The second-order valence-electron chi connectivity index (χ2n) is 8.47. The van der Waals surface area contributed by atoms with Crippen LogP contribution in [0.15, 0.2) is 23.8 Å². The molecule has 5 atom stereocenters. The van der Waals surface area contributed by atoms with Crippen LogP contribution in [0.1, 0.15) is 58.8 Å². The van der Waals surface area contributed by atoms with Crippen LogP contribution in [0.5, 0.6) is 0 Å². The van der Waals surface area contributed by atoms with E-state index in [9.17, 15) is 15.0 Å². The highest BCUT2D eigenvalue weighted by Gasteiger charge is 2.58. The molecule has 3 heteroatoms. The Kier molecular flexibility index (Phi) is 4.20. The van der Waals surface area contributed by atoms with Crippen LogP contribution < -0.4 is 0 Å². The number of aliphatic carboxylic acids is 1. The van der Waals surface area contributed by atoms with Crippen molar-refractivity contribution in [3.05, 3.63) is 23.8 Å². The molecular weight excluding hydrogens is 288 g/mol. The normalized spacial score (nSPS) is 42.0. The SMILES string of the molecule is C=C(C)C1CCC23C=C(CO)C(CC2)CC3C1(C)CCC(=O)O. The van der Waals surface area contributed by atoms with E-state index in [1.165, 1.54) is 24.0 Å². The molecule has 1 spiro atoms. The fourth-order valence-electron chi connectivity index (χ4n) is 6.24. The maximum Gasteiger partial charge on any atom is 0.303 e. The van der Waals surface area contributed by atoms with E-state index in [4.69, 9.17) is 0 Å². The van der Waals surface area contributed by atoms with Gasteiger partial charge in [-0.25, -0.2) is 0 Å². The number of hydrogen-bond acceptors (Lipinski definition) is 2. The zero-order valence-electron chi connectivity index (χ0n) is 14.5. The summed E-state index contributed by atoms with van der Waals surface area (Å²) in [5.74, 6) is 0.750. The van der Waals surface area contributed by atoms with Gasteiger partial charge in [0.15, 0.2) is 0 Å².